The Morgan fingerprint density at radius 2 is 1.94 bits per heavy atom. The summed E-state index contributed by atoms with van der Waals surface area (Å²) in [6.45, 7) is 6.79. The number of aryl methyl sites for hydroxylation is 2. The summed E-state index contributed by atoms with van der Waals surface area (Å²) in [5.41, 5.74) is 1.18. The molecule has 2 aliphatic heterocycles. The van der Waals surface area contributed by atoms with Gasteiger partial charge < -0.3 is 14.2 Å². The molecule has 9 nitrogen and oxygen atoms in total. The van der Waals surface area contributed by atoms with E-state index in [0.717, 1.165) is 5.56 Å². The number of hydrogen-bond acceptors (Lipinski definition) is 7. The van der Waals surface area contributed by atoms with E-state index in [1.807, 2.05) is 11.0 Å². The van der Waals surface area contributed by atoms with Crippen molar-refractivity contribution in [1.82, 2.24) is 19.3 Å². The lowest BCUT2D eigenvalue weighted by Crippen LogP contribution is -2.52. The molecule has 1 amide bonds. The first-order valence-corrected chi connectivity index (χ1v) is 12.9. The molecule has 186 valence electrons. The first kappa shape index (κ1) is 24.6. The van der Waals surface area contributed by atoms with Crippen LogP contribution in [0.5, 0.6) is 5.75 Å². The molecule has 4 rings (SSSR count). The first-order chi connectivity index (χ1) is 16.2. The van der Waals surface area contributed by atoms with Crippen LogP contribution in [0.25, 0.3) is 0 Å². The molecule has 34 heavy (non-hydrogen) atoms. The standard InChI is InChI=1S/C23H31FN4O5S/c1-16-22(17(2)33-25-16)34(30,31)28-8-4-5-19(15-28)23(29)27-11-9-26(10-12-27)14-18-6-7-21(32-3)20(24)13-18/h6-7,13,19H,4-5,8-12,14-15H2,1-3H3. The summed E-state index contributed by atoms with van der Waals surface area (Å²) in [6, 6.07) is 4.94. The zero-order chi connectivity index (χ0) is 24.5. The summed E-state index contributed by atoms with van der Waals surface area (Å²) in [5, 5.41) is 3.77. The summed E-state index contributed by atoms with van der Waals surface area (Å²) in [6.07, 6.45) is 1.29. The number of halogens is 1. The van der Waals surface area contributed by atoms with Crippen LogP contribution in [0.3, 0.4) is 0 Å². The van der Waals surface area contributed by atoms with Crippen molar-refractivity contribution in [2.75, 3.05) is 46.4 Å². The van der Waals surface area contributed by atoms with Crippen molar-refractivity contribution in [3.63, 3.8) is 0 Å². The van der Waals surface area contributed by atoms with Gasteiger partial charge in [-0.05, 0) is 44.4 Å². The fraction of sp³-hybridized carbons (Fsp3) is 0.565. The molecule has 1 atom stereocenters. The molecule has 0 N–H and O–H groups in total. The minimum Gasteiger partial charge on any atom is -0.494 e. The number of carbonyl (C=O) groups is 1. The number of amides is 1. The lowest BCUT2D eigenvalue weighted by molar-refractivity contribution is -0.138. The normalized spacial score (nSPS) is 20.5. The fourth-order valence-electron chi connectivity index (χ4n) is 4.79. The lowest BCUT2D eigenvalue weighted by atomic mass is 9.97. The largest absolute Gasteiger partial charge is 0.494 e. The van der Waals surface area contributed by atoms with E-state index in [1.54, 1.807) is 19.9 Å². The van der Waals surface area contributed by atoms with Crippen LogP contribution in [0, 0.1) is 25.6 Å². The molecule has 1 unspecified atom stereocenters. The van der Waals surface area contributed by atoms with Gasteiger partial charge in [0.05, 0.1) is 13.0 Å². The minimum absolute atomic E-state index is 0.00574. The van der Waals surface area contributed by atoms with Crippen molar-refractivity contribution in [2.24, 2.45) is 5.92 Å². The Labute approximate surface area is 199 Å². The van der Waals surface area contributed by atoms with Gasteiger partial charge in [-0.2, -0.15) is 4.31 Å². The Hall–Kier alpha value is -2.50. The highest BCUT2D eigenvalue weighted by Gasteiger charge is 2.38. The van der Waals surface area contributed by atoms with E-state index in [-0.39, 0.29) is 40.6 Å². The Balaban J connectivity index is 1.34. The topological polar surface area (TPSA) is 96.2 Å². The Morgan fingerprint density at radius 3 is 2.56 bits per heavy atom. The second kappa shape index (κ2) is 10.0. The average molecular weight is 495 g/mol. The van der Waals surface area contributed by atoms with Gasteiger partial charge in [0.1, 0.15) is 10.6 Å². The summed E-state index contributed by atoms with van der Waals surface area (Å²) in [5.74, 6) is -0.280. The third-order valence-corrected chi connectivity index (χ3v) is 8.72. The number of aromatic nitrogens is 1. The lowest BCUT2D eigenvalue weighted by Gasteiger charge is -2.38. The number of rotatable bonds is 6. The van der Waals surface area contributed by atoms with Gasteiger partial charge >= 0.3 is 0 Å². The second-order valence-corrected chi connectivity index (χ2v) is 10.8. The molecule has 0 saturated carbocycles. The molecule has 11 heteroatoms. The van der Waals surface area contributed by atoms with Crippen molar-refractivity contribution in [1.29, 1.82) is 0 Å². The number of piperidine rings is 1. The highest BCUT2D eigenvalue weighted by atomic mass is 32.2. The maximum atomic E-state index is 14.0. The molecule has 2 fully saturated rings. The van der Waals surface area contributed by atoms with Crippen LogP contribution < -0.4 is 4.74 Å². The highest BCUT2D eigenvalue weighted by Crippen LogP contribution is 2.29. The monoisotopic (exact) mass is 494 g/mol. The predicted octanol–water partition coefficient (Wildman–Crippen LogP) is 2.18. The Bertz CT molecular complexity index is 1120. The van der Waals surface area contributed by atoms with Crippen molar-refractivity contribution in [3.8, 4) is 5.75 Å². The Kier molecular flexibility index (Phi) is 7.25. The van der Waals surface area contributed by atoms with Gasteiger partial charge in [-0.25, -0.2) is 12.8 Å². The molecule has 0 spiro atoms. The van der Waals surface area contributed by atoms with Crippen LogP contribution in [0.2, 0.25) is 0 Å². The van der Waals surface area contributed by atoms with E-state index >= 15 is 0 Å². The third kappa shape index (κ3) is 4.96. The SMILES string of the molecule is COc1ccc(CN2CCN(C(=O)C3CCCN(S(=O)(=O)c4c(C)noc4C)C3)CC2)cc1F. The number of benzene rings is 1. The summed E-state index contributed by atoms with van der Waals surface area (Å²) >= 11 is 0. The van der Waals surface area contributed by atoms with Gasteiger partial charge in [0.2, 0.25) is 15.9 Å². The molecule has 2 aromatic rings. The summed E-state index contributed by atoms with van der Waals surface area (Å²) < 4.78 is 51.7. The minimum atomic E-state index is -3.77. The maximum Gasteiger partial charge on any atom is 0.248 e. The zero-order valence-corrected chi connectivity index (χ0v) is 20.6. The molecule has 2 saturated heterocycles. The number of sulfonamides is 1. The molecule has 3 heterocycles. The molecule has 1 aromatic heterocycles. The Morgan fingerprint density at radius 1 is 1.21 bits per heavy atom. The molecule has 0 radical (unpaired) electrons. The van der Waals surface area contributed by atoms with E-state index in [1.165, 1.54) is 17.5 Å². The van der Waals surface area contributed by atoms with Crippen molar-refractivity contribution in [3.05, 3.63) is 41.0 Å². The van der Waals surface area contributed by atoms with Crippen molar-refractivity contribution in [2.45, 2.75) is 38.1 Å². The van der Waals surface area contributed by atoms with Crippen LogP contribution in [-0.4, -0.2) is 80.0 Å². The fourth-order valence-corrected chi connectivity index (χ4v) is 6.60. The van der Waals surface area contributed by atoms with Crippen LogP contribution in [0.15, 0.2) is 27.6 Å². The number of ether oxygens (including phenoxy) is 1. The quantitative estimate of drug-likeness (QED) is 0.607. The molecule has 0 bridgehead atoms. The predicted molar refractivity (Wildman–Crippen MR) is 122 cm³/mol. The first-order valence-electron chi connectivity index (χ1n) is 11.5. The van der Waals surface area contributed by atoms with E-state index in [4.69, 9.17) is 9.26 Å². The van der Waals surface area contributed by atoms with Gasteiger partial charge in [-0.15, -0.1) is 0 Å². The van der Waals surface area contributed by atoms with E-state index in [9.17, 15) is 17.6 Å². The number of piperazine rings is 1. The van der Waals surface area contributed by atoms with Gasteiger partial charge in [0.15, 0.2) is 17.3 Å². The molecule has 2 aliphatic rings. The van der Waals surface area contributed by atoms with Crippen LogP contribution in [-0.2, 0) is 21.4 Å². The molecular weight excluding hydrogens is 463 g/mol. The molecule has 0 aliphatic carbocycles. The number of hydrogen-bond donors (Lipinski definition) is 0. The average Bonchev–Trinajstić information content (AvgIpc) is 3.18. The smallest absolute Gasteiger partial charge is 0.248 e. The van der Waals surface area contributed by atoms with E-state index in [2.05, 4.69) is 10.1 Å². The van der Waals surface area contributed by atoms with Crippen LogP contribution in [0.1, 0.15) is 29.9 Å². The third-order valence-electron chi connectivity index (χ3n) is 6.61. The van der Waals surface area contributed by atoms with Crippen LogP contribution in [0.4, 0.5) is 4.39 Å². The van der Waals surface area contributed by atoms with Gasteiger partial charge in [-0.3, -0.25) is 9.69 Å². The highest BCUT2D eigenvalue weighted by molar-refractivity contribution is 7.89. The van der Waals surface area contributed by atoms with E-state index in [0.29, 0.717) is 57.8 Å². The number of carbonyl (C=O) groups excluding carboxylic acids is 1. The van der Waals surface area contributed by atoms with Crippen molar-refractivity contribution >= 4 is 15.9 Å². The number of nitrogens with zero attached hydrogens (tertiary/aromatic N) is 4. The summed E-state index contributed by atoms with van der Waals surface area (Å²) in [4.78, 5) is 17.3. The zero-order valence-electron chi connectivity index (χ0n) is 19.8. The summed E-state index contributed by atoms with van der Waals surface area (Å²) in [7, 11) is -2.33. The van der Waals surface area contributed by atoms with Gasteiger partial charge in [0, 0.05) is 45.8 Å². The van der Waals surface area contributed by atoms with Gasteiger partial charge in [-0.1, -0.05) is 11.2 Å². The molecular formula is C23H31FN4O5S. The van der Waals surface area contributed by atoms with Gasteiger partial charge in [0.25, 0.3) is 0 Å². The molecule has 1 aromatic carbocycles. The maximum absolute atomic E-state index is 14.0. The van der Waals surface area contributed by atoms with Crippen LogP contribution >= 0.6 is 0 Å². The number of methoxy groups -OCH3 is 1. The second-order valence-electron chi connectivity index (χ2n) is 8.93. The van der Waals surface area contributed by atoms with Crippen molar-refractivity contribution < 1.29 is 26.9 Å². The van der Waals surface area contributed by atoms with E-state index < -0.39 is 10.0 Å².